The van der Waals surface area contributed by atoms with E-state index < -0.39 is 0 Å². The summed E-state index contributed by atoms with van der Waals surface area (Å²) < 4.78 is 9.33. The molecular weight excluding hydrogens is 362 g/mol. The van der Waals surface area contributed by atoms with Gasteiger partial charge in [-0.25, -0.2) is 9.67 Å². The number of para-hydroxylation sites is 2. The number of carbonyl (C=O) groups excluding carboxylic acids is 1. The first-order valence-electron chi connectivity index (χ1n) is 8.63. The SMILES string of the molecule is COc1ccccc1-n1cc(C2CC(=O)NCc3nc4sccn4c32)cn1. The van der Waals surface area contributed by atoms with E-state index in [0.717, 1.165) is 33.3 Å². The average Bonchev–Trinajstić information content (AvgIpc) is 3.38. The van der Waals surface area contributed by atoms with Crippen molar-refractivity contribution >= 4 is 22.2 Å². The van der Waals surface area contributed by atoms with Gasteiger partial charge in [0.25, 0.3) is 0 Å². The fourth-order valence-corrected chi connectivity index (χ4v) is 4.37. The quantitative estimate of drug-likeness (QED) is 0.594. The van der Waals surface area contributed by atoms with Gasteiger partial charge in [-0.3, -0.25) is 9.20 Å². The third-order valence-corrected chi connectivity index (χ3v) is 5.64. The second kappa shape index (κ2) is 6.24. The highest BCUT2D eigenvalue weighted by atomic mass is 32.1. The monoisotopic (exact) mass is 379 g/mol. The van der Waals surface area contributed by atoms with Crippen molar-refractivity contribution in [2.24, 2.45) is 0 Å². The van der Waals surface area contributed by atoms with Crippen LogP contribution in [0.15, 0.2) is 48.2 Å². The van der Waals surface area contributed by atoms with Gasteiger partial charge in [-0.15, -0.1) is 11.3 Å². The van der Waals surface area contributed by atoms with E-state index in [-0.39, 0.29) is 11.8 Å². The van der Waals surface area contributed by atoms with E-state index in [1.807, 2.05) is 48.2 Å². The molecule has 4 heterocycles. The summed E-state index contributed by atoms with van der Waals surface area (Å²) in [6.45, 7) is 0.458. The minimum Gasteiger partial charge on any atom is -0.494 e. The molecule has 0 fully saturated rings. The van der Waals surface area contributed by atoms with Crippen LogP contribution in [0.3, 0.4) is 0 Å². The molecule has 0 saturated heterocycles. The summed E-state index contributed by atoms with van der Waals surface area (Å²) in [5.74, 6) is 0.665. The summed E-state index contributed by atoms with van der Waals surface area (Å²) in [5, 5.41) is 9.49. The van der Waals surface area contributed by atoms with Crippen molar-refractivity contribution in [1.82, 2.24) is 24.5 Å². The van der Waals surface area contributed by atoms with Gasteiger partial charge < -0.3 is 10.1 Å². The Labute approximate surface area is 159 Å². The standard InChI is InChI=1S/C19H17N5O2S/c1-26-16-5-3-2-4-15(16)24-11-12(9-21-24)13-8-17(25)20-10-14-18(13)23-6-7-27-19(23)22-14/h2-7,9,11,13H,8,10H2,1H3,(H,20,25). The number of fused-ring (bicyclic) bond motifs is 3. The van der Waals surface area contributed by atoms with Crippen LogP contribution in [0.4, 0.5) is 0 Å². The zero-order valence-electron chi connectivity index (χ0n) is 14.6. The molecule has 4 aromatic rings. The highest BCUT2D eigenvalue weighted by Gasteiger charge is 2.30. The Bertz CT molecular complexity index is 1140. The van der Waals surface area contributed by atoms with E-state index in [0.29, 0.717) is 13.0 Å². The number of methoxy groups -OCH3 is 1. The number of nitrogens with zero attached hydrogens (tertiary/aromatic N) is 4. The molecule has 1 unspecified atom stereocenters. The van der Waals surface area contributed by atoms with Crippen molar-refractivity contribution < 1.29 is 9.53 Å². The van der Waals surface area contributed by atoms with Gasteiger partial charge in [-0.1, -0.05) is 12.1 Å². The molecule has 1 N–H and O–H groups in total. The van der Waals surface area contributed by atoms with Gasteiger partial charge in [0.15, 0.2) is 4.96 Å². The van der Waals surface area contributed by atoms with Crippen molar-refractivity contribution in [3.8, 4) is 11.4 Å². The van der Waals surface area contributed by atoms with Gasteiger partial charge in [-0.2, -0.15) is 5.10 Å². The average molecular weight is 379 g/mol. The third kappa shape index (κ3) is 2.60. The lowest BCUT2D eigenvalue weighted by Gasteiger charge is -2.12. The number of hydrogen-bond donors (Lipinski definition) is 1. The molecule has 5 rings (SSSR count). The van der Waals surface area contributed by atoms with Gasteiger partial charge in [0.05, 0.1) is 31.2 Å². The first kappa shape index (κ1) is 16.1. The number of ether oxygens (including phenoxy) is 1. The fourth-order valence-electron chi connectivity index (χ4n) is 3.63. The Morgan fingerprint density at radius 1 is 1.33 bits per heavy atom. The lowest BCUT2D eigenvalue weighted by Crippen LogP contribution is -2.21. The minimum atomic E-state index is -0.101. The van der Waals surface area contributed by atoms with Crippen LogP contribution in [0.25, 0.3) is 10.6 Å². The maximum Gasteiger partial charge on any atom is 0.221 e. The van der Waals surface area contributed by atoms with Crippen molar-refractivity contribution in [2.75, 3.05) is 7.11 Å². The Morgan fingerprint density at radius 2 is 2.22 bits per heavy atom. The molecule has 0 bridgehead atoms. The van der Waals surface area contributed by atoms with Gasteiger partial charge >= 0.3 is 0 Å². The fraction of sp³-hybridized carbons (Fsp3) is 0.211. The van der Waals surface area contributed by atoms with Gasteiger partial charge in [0, 0.05) is 35.7 Å². The van der Waals surface area contributed by atoms with Crippen LogP contribution < -0.4 is 10.1 Å². The molecule has 1 atom stereocenters. The number of hydrogen-bond acceptors (Lipinski definition) is 5. The molecule has 1 amide bonds. The van der Waals surface area contributed by atoms with Crippen molar-refractivity contribution in [3.05, 3.63) is 65.2 Å². The number of carbonyl (C=O) groups is 1. The summed E-state index contributed by atoms with van der Waals surface area (Å²) in [5.41, 5.74) is 3.82. The van der Waals surface area contributed by atoms with E-state index in [9.17, 15) is 4.79 Å². The first-order chi connectivity index (χ1) is 13.2. The van der Waals surface area contributed by atoms with Gasteiger partial charge in [0.2, 0.25) is 5.91 Å². The van der Waals surface area contributed by atoms with E-state index in [2.05, 4.69) is 14.8 Å². The predicted molar refractivity (Wildman–Crippen MR) is 101 cm³/mol. The summed E-state index contributed by atoms with van der Waals surface area (Å²) in [6, 6.07) is 7.73. The molecule has 136 valence electrons. The molecule has 0 radical (unpaired) electrons. The number of thiazole rings is 1. The summed E-state index contributed by atoms with van der Waals surface area (Å²) in [7, 11) is 1.64. The van der Waals surface area contributed by atoms with E-state index in [1.54, 1.807) is 23.1 Å². The van der Waals surface area contributed by atoms with Gasteiger partial charge in [-0.05, 0) is 12.1 Å². The summed E-state index contributed by atoms with van der Waals surface area (Å²) in [6.07, 6.45) is 6.18. The van der Waals surface area contributed by atoms with Crippen molar-refractivity contribution in [2.45, 2.75) is 18.9 Å². The van der Waals surface area contributed by atoms with E-state index in [4.69, 9.17) is 9.72 Å². The Hall–Kier alpha value is -3.13. The van der Waals surface area contributed by atoms with Crippen LogP contribution in [-0.2, 0) is 11.3 Å². The molecule has 7 nitrogen and oxygen atoms in total. The molecule has 8 heteroatoms. The highest BCUT2D eigenvalue weighted by Crippen LogP contribution is 2.34. The van der Waals surface area contributed by atoms with Gasteiger partial charge in [0.1, 0.15) is 11.4 Å². The predicted octanol–water partition coefficient (Wildman–Crippen LogP) is 2.74. The molecule has 1 aromatic carbocycles. The molecule has 1 aliphatic heterocycles. The molecule has 27 heavy (non-hydrogen) atoms. The van der Waals surface area contributed by atoms with Crippen LogP contribution >= 0.6 is 11.3 Å². The number of amides is 1. The second-order valence-electron chi connectivity index (χ2n) is 6.42. The van der Waals surface area contributed by atoms with Crippen LogP contribution in [0.5, 0.6) is 5.75 Å². The number of rotatable bonds is 3. The zero-order chi connectivity index (χ0) is 18.4. The smallest absolute Gasteiger partial charge is 0.221 e. The molecule has 3 aromatic heterocycles. The topological polar surface area (TPSA) is 73.5 Å². The van der Waals surface area contributed by atoms with E-state index in [1.165, 1.54) is 0 Å². The normalized spacial score (nSPS) is 16.8. The lowest BCUT2D eigenvalue weighted by atomic mass is 9.94. The van der Waals surface area contributed by atoms with Crippen molar-refractivity contribution in [1.29, 1.82) is 0 Å². The van der Waals surface area contributed by atoms with E-state index >= 15 is 0 Å². The maximum absolute atomic E-state index is 12.3. The molecule has 0 aliphatic carbocycles. The number of benzene rings is 1. The molecule has 0 spiro atoms. The summed E-state index contributed by atoms with van der Waals surface area (Å²) >= 11 is 1.59. The second-order valence-corrected chi connectivity index (χ2v) is 7.30. The first-order valence-corrected chi connectivity index (χ1v) is 9.51. The number of nitrogens with one attached hydrogen (secondary N) is 1. The Morgan fingerprint density at radius 3 is 3.11 bits per heavy atom. The molecule has 1 aliphatic rings. The summed E-state index contributed by atoms with van der Waals surface area (Å²) in [4.78, 5) is 17.9. The zero-order valence-corrected chi connectivity index (χ0v) is 15.4. The van der Waals surface area contributed by atoms with Crippen LogP contribution in [0.2, 0.25) is 0 Å². The Kier molecular flexibility index (Phi) is 3.71. The third-order valence-electron chi connectivity index (χ3n) is 4.88. The molecular formula is C19H17N5O2S. The highest BCUT2D eigenvalue weighted by molar-refractivity contribution is 7.15. The molecule has 0 saturated carbocycles. The number of aromatic nitrogens is 4. The van der Waals surface area contributed by atoms with Crippen LogP contribution in [-0.4, -0.2) is 32.2 Å². The van der Waals surface area contributed by atoms with Crippen molar-refractivity contribution in [3.63, 3.8) is 0 Å². The lowest BCUT2D eigenvalue weighted by molar-refractivity contribution is -0.121. The Balaban J connectivity index is 1.62. The minimum absolute atomic E-state index is 0.0204. The maximum atomic E-state index is 12.3. The van der Waals surface area contributed by atoms with Crippen LogP contribution in [0.1, 0.15) is 29.3 Å². The van der Waals surface area contributed by atoms with Crippen LogP contribution in [0, 0.1) is 0 Å². The largest absolute Gasteiger partial charge is 0.494 e. The number of imidazole rings is 1.